The van der Waals surface area contributed by atoms with E-state index >= 15 is 0 Å². The molecule has 0 aliphatic rings. The predicted octanol–water partition coefficient (Wildman–Crippen LogP) is 4.87. The first-order valence-electron chi connectivity index (χ1n) is 6.75. The summed E-state index contributed by atoms with van der Waals surface area (Å²) in [5.41, 5.74) is 0.444. The molecule has 0 fully saturated rings. The second kappa shape index (κ2) is 5.73. The third-order valence-electron chi connectivity index (χ3n) is 3.55. The number of aromatic nitrogens is 3. The summed E-state index contributed by atoms with van der Waals surface area (Å²) >= 11 is 6.39. The van der Waals surface area contributed by atoms with Crippen LogP contribution < -0.4 is 5.56 Å². The van der Waals surface area contributed by atoms with Gasteiger partial charge in [-0.15, -0.1) is 0 Å². The summed E-state index contributed by atoms with van der Waals surface area (Å²) < 4.78 is 40.9. The molecule has 0 amide bonds. The second-order valence-electron chi connectivity index (χ2n) is 5.32. The lowest BCUT2D eigenvalue weighted by molar-refractivity contribution is -0.137. The van der Waals surface area contributed by atoms with E-state index in [9.17, 15) is 18.0 Å². The van der Waals surface area contributed by atoms with Gasteiger partial charge in [0.05, 0.1) is 16.6 Å². The third-order valence-corrected chi connectivity index (χ3v) is 4.76. The molecule has 0 atom stereocenters. The average molecular weight is 465 g/mol. The molecule has 24 heavy (non-hydrogen) atoms. The molecule has 0 aliphatic heterocycles. The van der Waals surface area contributed by atoms with Crippen molar-refractivity contribution >= 4 is 42.9 Å². The zero-order chi connectivity index (χ0) is 17.8. The van der Waals surface area contributed by atoms with Gasteiger partial charge in [0, 0.05) is 15.1 Å². The van der Waals surface area contributed by atoms with Crippen LogP contribution in [0.4, 0.5) is 13.2 Å². The summed E-state index contributed by atoms with van der Waals surface area (Å²) in [4.78, 5) is 19.1. The van der Waals surface area contributed by atoms with Gasteiger partial charge in [-0.2, -0.15) is 13.2 Å². The molecule has 3 rings (SSSR count). The molecule has 0 spiro atoms. The zero-order valence-corrected chi connectivity index (χ0v) is 15.6. The van der Waals surface area contributed by atoms with Gasteiger partial charge in [-0.3, -0.25) is 9.36 Å². The molecule has 0 unspecified atom stereocenters. The molecule has 2 heterocycles. The van der Waals surface area contributed by atoms with E-state index in [1.165, 1.54) is 0 Å². The van der Waals surface area contributed by atoms with E-state index in [1.807, 2.05) is 0 Å². The maximum absolute atomic E-state index is 12.9. The number of rotatable bonds is 1. The summed E-state index contributed by atoms with van der Waals surface area (Å²) in [5.74, 6) is 0.422. The Labute approximate surface area is 151 Å². The largest absolute Gasteiger partial charge is 0.416 e. The Hall–Kier alpha value is -1.61. The van der Waals surface area contributed by atoms with E-state index in [4.69, 9.17) is 0 Å². The number of halogens is 5. The Morgan fingerprint density at radius 2 is 1.75 bits per heavy atom. The Kier molecular flexibility index (Phi) is 4.11. The fourth-order valence-corrected chi connectivity index (χ4v) is 4.12. The van der Waals surface area contributed by atoms with Gasteiger partial charge in [0.25, 0.3) is 5.56 Å². The van der Waals surface area contributed by atoms with Crippen LogP contribution in [0.15, 0.2) is 32.1 Å². The van der Waals surface area contributed by atoms with Gasteiger partial charge in [0.1, 0.15) is 5.82 Å². The van der Waals surface area contributed by atoms with Gasteiger partial charge in [0.2, 0.25) is 0 Å². The Morgan fingerprint density at radius 3 is 2.29 bits per heavy atom. The van der Waals surface area contributed by atoms with Crippen LogP contribution in [-0.2, 0) is 6.18 Å². The summed E-state index contributed by atoms with van der Waals surface area (Å²) in [6.07, 6.45) is -2.78. The lowest BCUT2D eigenvalue weighted by Gasteiger charge is -2.14. The van der Waals surface area contributed by atoms with Crippen molar-refractivity contribution in [2.45, 2.75) is 20.0 Å². The molecule has 1 aromatic carbocycles. The highest BCUT2D eigenvalue weighted by Gasteiger charge is 2.32. The molecule has 4 nitrogen and oxygen atoms in total. The molecule has 126 valence electrons. The van der Waals surface area contributed by atoms with Gasteiger partial charge < -0.3 is 4.98 Å². The van der Waals surface area contributed by atoms with Crippen molar-refractivity contribution in [3.63, 3.8) is 0 Å². The van der Waals surface area contributed by atoms with Gasteiger partial charge in [-0.25, -0.2) is 4.98 Å². The van der Waals surface area contributed by atoms with Crippen LogP contribution >= 0.6 is 31.9 Å². The molecule has 2 aromatic heterocycles. The predicted molar refractivity (Wildman–Crippen MR) is 91.6 cm³/mol. The first-order valence-corrected chi connectivity index (χ1v) is 8.33. The molecule has 3 aromatic rings. The molecular formula is C15H10Br2F3N3O. The lowest BCUT2D eigenvalue weighted by Crippen LogP contribution is -2.11. The van der Waals surface area contributed by atoms with Crippen molar-refractivity contribution in [3.05, 3.63) is 54.6 Å². The number of aromatic amines is 1. The highest BCUT2D eigenvalue weighted by Crippen LogP contribution is 2.38. The average Bonchev–Trinajstić information content (AvgIpc) is 2.74. The summed E-state index contributed by atoms with van der Waals surface area (Å²) in [5, 5.41) is 0.402. The minimum atomic E-state index is -4.45. The second-order valence-corrected chi connectivity index (χ2v) is 7.03. The maximum Gasteiger partial charge on any atom is 0.416 e. The van der Waals surface area contributed by atoms with E-state index in [0.29, 0.717) is 28.1 Å². The standard InChI is InChI=1S/C15H10Br2F3N3O/c1-6-5-23(13-11(6)14(24)22-7(2)21-13)12-9(16)3-8(4-10(12)17)15(18,19)20/h3-5H,1-2H3,(H,21,22,24). The molecule has 0 saturated carbocycles. The van der Waals surface area contributed by atoms with Crippen LogP contribution in [0.2, 0.25) is 0 Å². The molecule has 0 radical (unpaired) electrons. The third kappa shape index (κ3) is 2.79. The van der Waals surface area contributed by atoms with E-state index in [2.05, 4.69) is 41.8 Å². The van der Waals surface area contributed by atoms with Crippen molar-refractivity contribution < 1.29 is 13.2 Å². The number of hydrogen-bond donors (Lipinski definition) is 1. The number of H-pyrrole nitrogens is 1. The quantitative estimate of drug-likeness (QED) is 0.558. The van der Waals surface area contributed by atoms with E-state index in [1.54, 1.807) is 24.6 Å². The number of fused-ring (bicyclic) bond motifs is 1. The van der Waals surface area contributed by atoms with Gasteiger partial charge in [-0.05, 0) is 63.4 Å². The molecule has 9 heteroatoms. The molecule has 0 bridgehead atoms. The molecular weight excluding hydrogens is 455 g/mol. The first kappa shape index (κ1) is 17.2. The van der Waals surface area contributed by atoms with Crippen LogP contribution in [0.1, 0.15) is 17.0 Å². The highest BCUT2D eigenvalue weighted by molar-refractivity contribution is 9.11. The number of aryl methyl sites for hydroxylation is 2. The van der Waals surface area contributed by atoms with Crippen LogP contribution in [-0.4, -0.2) is 14.5 Å². The summed E-state index contributed by atoms with van der Waals surface area (Å²) in [6, 6.07) is 2.00. The SMILES string of the molecule is Cc1nc2c(c(C)cn2-c2c(Br)cc(C(F)(F)F)cc2Br)c(=O)[nH]1. The van der Waals surface area contributed by atoms with E-state index in [0.717, 1.165) is 12.1 Å². The zero-order valence-electron chi connectivity index (χ0n) is 12.4. The van der Waals surface area contributed by atoms with Crippen molar-refractivity contribution in [3.8, 4) is 5.69 Å². The number of hydrogen-bond acceptors (Lipinski definition) is 2. The van der Waals surface area contributed by atoms with Gasteiger partial charge in [0.15, 0.2) is 5.65 Å². The monoisotopic (exact) mass is 463 g/mol. The normalized spacial score (nSPS) is 12.1. The first-order chi connectivity index (χ1) is 11.1. The Bertz CT molecular complexity index is 998. The van der Waals surface area contributed by atoms with Crippen molar-refractivity contribution in [2.24, 2.45) is 0 Å². The topological polar surface area (TPSA) is 50.7 Å². The fourth-order valence-electron chi connectivity index (χ4n) is 2.55. The number of alkyl halides is 3. The number of nitrogens with zero attached hydrogens (tertiary/aromatic N) is 2. The van der Waals surface area contributed by atoms with E-state index < -0.39 is 11.7 Å². The van der Waals surface area contributed by atoms with Crippen LogP contribution in [0, 0.1) is 13.8 Å². The minimum Gasteiger partial charge on any atom is -0.310 e. The van der Waals surface area contributed by atoms with Crippen molar-refractivity contribution in [1.82, 2.24) is 14.5 Å². The minimum absolute atomic E-state index is 0.237. The van der Waals surface area contributed by atoms with Crippen LogP contribution in [0.5, 0.6) is 0 Å². The van der Waals surface area contributed by atoms with Gasteiger partial charge in [-0.1, -0.05) is 0 Å². The van der Waals surface area contributed by atoms with Crippen molar-refractivity contribution in [2.75, 3.05) is 0 Å². The van der Waals surface area contributed by atoms with Crippen LogP contribution in [0.25, 0.3) is 16.7 Å². The van der Waals surface area contributed by atoms with Crippen LogP contribution in [0.3, 0.4) is 0 Å². The lowest BCUT2D eigenvalue weighted by atomic mass is 10.2. The smallest absolute Gasteiger partial charge is 0.310 e. The Morgan fingerprint density at radius 1 is 1.17 bits per heavy atom. The fraction of sp³-hybridized carbons (Fsp3) is 0.200. The summed E-state index contributed by atoms with van der Waals surface area (Å²) in [6.45, 7) is 3.39. The highest BCUT2D eigenvalue weighted by atomic mass is 79.9. The maximum atomic E-state index is 12.9. The molecule has 0 aliphatic carbocycles. The van der Waals surface area contributed by atoms with E-state index in [-0.39, 0.29) is 14.5 Å². The van der Waals surface area contributed by atoms with Gasteiger partial charge >= 0.3 is 6.18 Å². The Balaban J connectivity index is 2.35. The molecule has 0 saturated heterocycles. The number of benzene rings is 1. The number of nitrogens with one attached hydrogen (secondary N) is 1. The molecule has 1 N–H and O–H groups in total. The summed E-state index contributed by atoms with van der Waals surface area (Å²) in [7, 11) is 0. The van der Waals surface area contributed by atoms with Crippen molar-refractivity contribution in [1.29, 1.82) is 0 Å².